The fourth-order valence-electron chi connectivity index (χ4n) is 2.87. The highest BCUT2D eigenvalue weighted by Gasteiger charge is 2.26. The Balaban J connectivity index is 2.13. The molecule has 3 amide bonds. The van der Waals surface area contributed by atoms with Crippen LogP contribution in [0.15, 0.2) is 42.5 Å². The largest absolute Gasteiger partial charge is 0.351 e. The second-order valence-corrected chi connectivity index (χ2v) is 8.33. The predicted octanol–water partition coefficient (Wildman–Crippen LogP) is 3.16. The Kier molecular flexibility index (Phi) is 9.16. The Hall–Kier alpha value is -2.97. The third-order valence-corrected chi connectivity index (χ3v) is 5.01. The van der Waals surface area contributed by atoms with Crippen molar-refractivity contribution in [2.75, 3.05) is 32.5 Å². The predicted molar refractivity (Wildman–Crippen MR) is 123 cm³/mol. The van der Waals surface area contributed by atoms with Gasteiger partial charge in [0.25, 0.3) is 11.8 Å². The van der Waals surface area contributed by atoms with Gasteiger partial charge < -0.3 is 20.9 Å². The van der Waals surface area contributed by atoms with Gasteiger partial charge in [-0.2, -0.15) is 0 Å². The highest BCUT2D eigenvalue weighted by Crippen LogP contribution is 2.24. The van der Waals surface area contributed by atoms with Gasteiger partial charge >= 0.3 is 0 Å². The Morgan fingerprint density at radius 2 is 1.75 bits per heavy atom. The first kappa shape index (κ1) is 25.3. The molecule has 0 fully saturated rings. The van der Waals surface area contributed by atoms with Crippen molar-refractivity contribution in [3.05, 3.63) is 64.4 Å². The zero-order valence-electron chi connectivity index (χ0n) is 18.5. The topological polar surface area (TPSA) is 90.5 Å². The van der Waals surface area contributed by atoms with Gasteiger partial charge in [0.2, 0.25) is 5.91 Å². The number of amides is 3. The zero-order chi connectivity index (χ0) is 23.8. The smallest absolute Gasteiger partial charge is 0.254 e. The van der Waals surface area contributed by atoms with Crippen molar-refractivity contribution < 1.29 is 18.8 Å². The molecule has 0 aliphatic carbocycles. The number of anilines is 1. The van der Waals surface area contributed by atoms with Gasteiger partial charge in [-0.05, 0) is 50.3 Å². The molecule has 0 aromatic heterocycles. The number of halogens is 2. The molecule has 172 valence electrons. The summed E-state index contributed by atoms with van der Waals surface area (Å²) in [4.78, 5) is 39.7. The van der Waals surface area contributed by atoms with Gasteiger partial charge in [0, 0.05) is 18.7 Å². The van der Waals surface area contributed by atoms with Crippen LogP contribution in [0.4, 0.5) is 10.1 Å². The molecule has 3 N–H and O–H groups in total. The first-order valence-electron chi connectivity index (χ1n) is 10.2. The molecule has 9 heteroatoms. The van der Waals surface area contributed by atoms with Crippen LogP contribution < -0.4 is 16.0 Å². The van der Waals surface area contributed by atoms with Gasteiger partial charge in [0.15, 0.2) is 0 Å². The van der Waals surface area contributed by atoms with E-state index in [-0.39, 0.29) is 28.1 Å². The van der Waals surface area contributed by atoms with Gasteiger partial charge in [-0.3, -0.25) is 14.4 Å². The number of hydrogen-bond donors (Lipinski definition) is 3. The summed E-state index contributed by atoms with van der Waals surface area (Å²) >= 11 is 6.21. The Morgan fingerprint density at radius 1 is 1.06 bits per heavy atom. The molecule has 0 saturated carbocycles. The van der Waals surface area contributed by atoms with Crippen LogP contribution in [0.2, 0.25) is 5.02 Å². The summed E-state index contributed by atoms with van der Waals surface area (Å²) in [5.41, 5.74) is 0.419. The highest BCUT2D eigenvalue weighted by molar-refractivity contribution is 6.34. The van der Waals surface area contributed by atoms with Crippen LogP contribution >= 0.6 is 11.6 Å². The van der Waals surface area contributed by atoms with Gasteiger partial charge in [-0.25, -0.2) is 4.39 Å². The molecule has 1 unspecified atom stereocenters. The number of likely N-dealkylation sites (N-methyl/N-ethyl adjacent to an activating group) is 1. The summed E-state index contributed by atoms with van der Waals surface area (Å²) in [7, 11) is 3.80. The SMILES string of the molecule is CC(C)C(NC(=O)c1ccccc1F)C(=O)Nc1cc(C(=O)NCCN(C)C)ccc1Cl. The highest BCUT2D eigenvalue weighted by atomic mass is 35.5. The molecule has 0 spiro atoms. The first-order valence-corrected chi connectivity index (χ1v) is 10.6. The molecule has 0 aliphatic rings. The third kappa shape index (κ3) is 7.03. The van der Waals surface area contributed by atoms with Gasteiger partial charge in [-0.15, -0.1) is 0 Å². The van der Waals surface area contributed by atoms with Crippen LogP contribution in [-0.2, 0) is 4.79 Å². The molecule has 2 rings (SSSR count). The van der Waals surface area contributed by atoms with E-state index in [0.717, 1.165) is 0 Å². The molecule has 7 nitrogen and oxygen atoms in total. The average molecular weight is 463 g/mol. The Morgan fingerprint density at radius 3 is 2.38 bits per heavy atom. The lowest BCUT2D eigenvalue weighted by molar-refractivity contribution is -0.118. The van der Waals surface area contributed by atoms with Crippen LogP contribution in [0.3, 0.4) is 0 Å². The molecule has 0 bridgehead atoms. The molecule has 0 saturated heterocycles. The minimum atomic E-state index is -0.948. The van der Waals surface area contributed by atoms with E-state index in [4.69, 9.17) is 11.6 Å². The standard InChI is InChI=1S/C23H28ClFN4O3/c1-14(2)20(28-22(31)16-7-5-6-8-18(16)25)23(32)27-19-13-15(9-10-17(19)24)21(30)26-11-12-29(3)4/h5-10,13-14,20H,11-12H2,1-4H3,(H,26,30)(H,27,32)(H,28,31). The average Bonchev–Trinajstić information content (AvgIpc) is 2.73. The summed E-state index contributed by atoms with van der Waals surface area (Å²) in [6.07, 6.45) is 0. The lowest BCUT2D eigenvalue weighted by atomic mass is 10.0. The summed E-state index contributed by atoms with van der Waals surface area (Å²) in [6.45, 7) is 4.65. The molecular weight excluding hydrogens is 435 g/mol. The molecule has 0 radical (unpaired) electrons. The molecular formula is C23H28ClFN4O3. The maximum Gasteiger partial charge on any atom is 0.254 e. The second kappa shape index (κ2) is 11.6. The van der Waals surface area contributed by atoms with E-state index in [1.54, 1.807) is 19.9 Å². The second-order valence-electron chi connectivity index (χ2n) is 7.92. The van der Waals surface area contributed by atoms with Crippen LogP contribution in [0.25, 0.3) is 0 Å². The molecule has 2 aromatic carbocycles. The van der Waals surface area contributed by atoms with Crippen molar-refractivity contribution in [1.82, 2.24) is 15.5 Å². The molecule has 1 atom stereocenters. The number of hydrogen-bond acceptors (Lipinski definition) is 4. The number of carbonyl (C=O) groups excluding carboxylic acids is 3. The van der Waals surface area contributed by atoms with Crippen molar-refractivity contribution in [3.63, 3.8) is 0 Å². The van der Waals surface area contributed by atoms with Gasteiger partial charge in [0.1, 0.15) is 11.9 Å². The first-order chi connectivity index (χ1) is 15.1. The summed E-state index contributed by atoms with van der Waals surface area (Å²) in [6, 6.07) is 9.13. The van der Waals surface area contributed by atoms with Crippen molar-refractivity contribution in [1.29, 1.82) is 0 Å². The fraction of sp³-hybridized carbons (Fsp3) is 0.348. The van der Waals surface area contributed by atoms with E-state index >= 15 is 0 Å². The van der Waals surface area contributed by atoms with Crippen LogP contribution in [0.5, 0.6) is 0 Å². The maximum absolute atomic E-state index is 13.9. The Bertz CT molecular complexity index is 981. The van der Waals surface area contributed by atoms with Crippen molar-refractivity contribution in [2.24, 2.45) is 5.92 Å². The van der Waals surface area contributed by atoms with E-state index < -0.39 is 23.7 Å². The summed E-state index contributed by atoms with van der Waals surface area (Å²) in [5, 5.41) is 8.27. The molecule has 0 aliphatic heterocycles. The normalized spacial score (nSPS) is 11.9. The van der Waals surface area contributed by atoms with Crippen molar-refractivity contribution >= 4 is 35.0 Å². The van der Waals surface area contributed by atoms with E-state index in [0.29, 0.717) is 18.7 Å². The van der Waals surface area contributed by atoms with Crippen LogP contribution in [0.1, 0.15) is 34.6 Å². The fourth-order valence-corrected chi connectivity index (χ4v) is 3.03. The lowest BCUT2D eigenvalue weighted by Gasteiger charge is -2.22. The Labute approximate surface area is 192 Å². The number of rotatable bonds is 9. The molecule has 32 heavy (non-hydrogen) atoms. The maximum atomic E-state index is 13.9. The van der Waals surface area contributed by atoms with E-state index in [9.17, 15) is 18.8 Å². The number of nitrogens with zero attached hydrogens (tertiary/aromatic N) is 1. The van der Waals surface area contributed by atoms with Crippen molar-refractivity contribution in [3.8, 4) is 0 Å². The summed E-state index contributed by atoms with van der Waals surface area (Å²) in [5.74, 6) is -2.49. The van der Waals surface area contributed by atoms with Crippen molar-refractivity contribution in [2.45, 2.75) is 19.9 Å². The summed E-state index contributed by atoms with van der Waals surface area (Å²) < 4.78 is 13.9. The van der Waals surface area contributed by atoms with Crippen LogP contribution in [-0.4, -0.2) is 55.8 Å². The monoisotopic (exact) mass is 462 g/mol. The minimum Gasteiger partial charge on any atom is -0.351 e. The minimum absolute atomic E-state index is 0.152. The number of carbonyl (C=O) groups is 3. The number of benzene rings is 2. The molecule has 0 heterocycles. The lowest BCUT2D eigenvalue weighted by Crippen LogP contribution is -2.47. The molecule has 2 aromatic rings. The van der Waals surface area contributed by atoms with Gasteiger partial charge in [0.05, 0.1) is 16.3 Å². The third-order valence-electron chi connectivity index (χ3n) is 4.69. The van der Waals surface area contributed by atoms with Gasteiger partial charge in [-0.1, -0.05) is 37.6 Å². The quantitative estimate of drug-likeness (QED) is 0.534. The van der Waals surface area contributed by atoms with E-state index in [1.165, 1.54) is 36.4 Å². The zero-order valence-corrected chi connectivity index (χ0v) is 19.3. The van der Waals surface area contributed by atoms with E-state index in [1.807, 2.05) is 19.0 Å². The van der Waals surface area contributed by atoms with E-state index in [2.05, 4.69) is 16.0 Å². The van der Waals surface area contributed by atoms with Crippen LogP contribution in [0, 0.1) is 11.7 Å². The number of nitrogens with one attached hydrogen (secondary N) is 3.